The molecule has 3 heterocycles. The Labute approximate surface area is 201 Å². The summed E-state index contributed by atoms with van der Waals surface area (Å²) in [6.45, 7) is 1.20. The number of hydrogen-bond donors (Lipinski definition) is 1. The Balaban J connectivity index is 1.79. The van der Waals surface area contributed by atoms with Gasteiger partial charge in [0.05, 0.1) is 34.2 Å². The number of carbonyl (C=O) groups excluding carboxylic acids is 1. The fourth-order valence-electron chi connectivity index (χ4n) is 3.64. The summed E-state index contributed by atoms with van der Waals surface area (Å²) in [5.74, 6) is 5.23. The second-order valence-corrected chi connectivity index (χ2v) is 9.94. The summed E-state index contributed by atoms with van der Waals surface area (Å²) in [6.07, 6.45) is 2.31. The summed E-state index contributed by atoms with van der Waals surface area (Å²) in [6, 6.07) is 4.42. The second-order valence-electron chi connectivity index (χ2n) is 8.08. The van der Waals surface area contributed by atoms with E-state index >= 15 is 0 Å². The van der Waals surface area contributed by atoms with E-state index < -0.39 is 17.0 Å². The molecule has 1 saturated heterocycles. The highest BCUT2D eigenvalue weighted by molar-refractivity contribution is 9.10. The molecule has 4 rings (SSSR count). The van der Waals surface area contributed by atoms with Gasteiger partial charge in [0.2, 0.25) is 5.91 Å². The van der Waals surface area contributed by atoms with Gasteiger partial charge < -0.3 is 10.0 Å². The Bertz CT molecular complexity index is 1350. The van der Waals surface area contributed by atoms with Crippen LogP contribution in [-0.2, 0) is 11.3 Å². The van der Waals surface area contributed by atoms with Gasteiger partial charge in [-0.1, -0.05) is 17.9 Å². The highest BCUT2D eigenvalue weighted by atomic mass is 79.9. The van der Waals surface area contributed by atoms with Crippen LogP contribution in [0.3, 0.4) is 0 Å². The summed E-state index contributed by atoms with van der Waals surface area (Å²) in [4.78, 5) is 32.6. The number of halogens is 3. The van der Waals surface area contributed by atoms with Crippen LogP contribution in [0.4, 0.5) is 8.78 Å². The summed E-state index contributed by atoms with van der Waals surface area (Å²) in [7, 11) is 0. The molecule has 1 aliphatic rings. The molecule has 2 aromatic heterocycles. The smallest absolute Gasteiger partial charge is 0.263 e. The van der Waals surface area contributed by atoms with Gasteiger partial charge in [-0.25, -0.2) is 13.8 Å². The van der Waals surface area contributed by atoms with Crippen LogP contribution in [0.15, 0.2) is 33.8 Å². The number of carbonyl (C=O) groups is 1. The quantitative estimate of drug-likeness (QED) is 0.399. The van der Waals surface area contributed by atoms with E-state index in [1.54, 1.807) is 12.1 Å². The standard InChI is InChI=1S/C23H20BrF2N3O3S/c1-23(26)11-29(12-23)18(31)10-28-13-27-21-20(22(28)32)19(14-6-7-16(25)15(24)9-14)17(33-21)5-3-2-4-8-30/h6-7,9,13,30H,2,4,8,10-12H2,1H3. The first-order chi connectivity index (χ1) is 15.7. The number of alkyl halides is 1. The molecular weight excluding hydrogens is 516 g/mol. The molecule has 1 aliphatic heterocycles. The zero-order chi connectivity index (χ0) is 23.8. The Morgan fingerprint density at radius 2 is 2.15 bits per heavy atom. The average Bonchev–Trinajstić information content (AvgIpc) is 3.12. The van der Waals surface area contributed by atoms with Crippen molar-refractivity contribution >= 4 is 43.4 Å². The van der Waals surface area contributed by atoms with Crippen LogP contribution in [0.25, 0.3) is 21.3 Å². The molecule has 1 aromatic carbocycles. The predicted octanol–water partition coefficient (Wildman–Crippen LogP) is 3.72. The molecule has 10 heteroatoms. The lowest BCUT2D eigenvalue weighted by atomic mass is 9.99. The van der Waals surface area contributed by atoms with Crippen LogP contribution >= 0.6 is 27.3 Å². The van der Waals surface area contributed by atoms with Gasteiger partial charge in [-0.3, -0.25) is 14.2 Å². The summed E-state index contributed by atoms with van der Waals surface area (Å²) in [5, 5.41) is 9.27. The number of likely N-dealkylation sites (tertiary alicyclic amines) is 1. The van der Waals surface area contributed by atoms with Gasteiger partial charge in [0, 0.05) is 18.6 Å². The molecule has 0 radical (unpaired) electrons. The Morgan fingerprint density at radius 3 is 2.82 bits per heavy atom. The largest absolute Gasteiger partial charge is 0.396 e. The molecule has 172 valence electrons. The molecule has 1 N–H and O–H groups in total. The maximum atomic E-state index is 13.9. The summed E-state index contributed by atoms with van der Waals surface area (Å²) >= 11 is 4.42. The van der Waals surface area contributed by atoms with Gasteiger partial charge in [-0.2, -0.15) is 0 Å². The van der Waals surface area contributed by atoms with Crippen molar-refractivity contribution in [3.05, 3.63) is 50.0 Å². The summed E-state index contributed by atoms with van der Waals surface area (Å²) < 4.78 is 29.1. The molecule has 0 unspecified atom stereocenters. The third kappa shape index (κ3) is 4.86. The molecule has 3 aromatic rings. The van der Waals surface area contributed by atoms with Crippen molar-refractivity contribution in [3.63, 3.8) is 0 Å². The minimum atomic E-state index is -1.40. The van der Waals surface area contributed by atoms with Gasteiger partial charge in [0.15, 0.2) is 0 Å². The van der Waals surface area contributed by atoms with Crippen LogP contribution in [0.2, 0.25) is 0 Å². The number of fused-ring (bicyclic) bond motifs is 1. The number of nitrogens with zero attached hydrogens (tertiary/aromatic N) is 3. The molecule has 1 amide bonds. The van der Waals surface area contributed by atoms with E-state index in [0.29, 0.717) is 39.1 Å². The van der Waals surface area contributed by atoms with E-state index in [4.69, 9.17) is 5.11 Å². The number of benzene rings is 1. The number of amides is 1. The first kappa shape index (κ1) is 23.5. The van der Waals surface area contributed by atoms with Gasteiger partial charge >= 0.3 is 0 Å². The number of unbranched alkanes of at least 4 members (excludes halogenated alkanes) is 1. The molecule has 0 atom stereocenters. The molecule has 0 saturated carbocycles. The van der Waals surface area contributed by atoms with Crippen molar-refractivity contribution in [1.82, 2.24) is 14.5 Å². The van der Waals surface area contributed by atoms with Gasteiger partial charge in [-0.05, 0) is 47.0 Å². The zero-order valence-corrected chi connectivity index (χ0v) is 20.1. The molecular formula is C23H20BrF2N3O3S. The predicted molar refractivity (Wildman–Crippen MR) is 126 cm³/mol. The van der Waals surface area contributed by atoms with E-state index in [2.05, 4.69) is 32.8 Å². The Morgan fingerprint density at radius 1 is 1.39 bits per heavy atom. The summed E-state index contributed by atoms with van der Waals surface area (Å²) in [5.41, 5.74) is -0.721. The van der Waals surface area contributed by atoms with E-state index in [1.165, 1.54) is 40.1 Å². The first-order valence-corrected chi connectivity index (χ1v) is 11.8. The van der Waals surface area contributed by atoms with Crippen LogP contribution in [0.5, 0.6) is 0 Å². The Hall–Kier alpha value is -2.61. The number of rotatable bonds is 5. The number of aromatic nitrogens is 2. The van der Waals surface area contributed by atoms with Crippen molar-refractivity contribution in [1.29, 1.82) is 0 Å². The second kappa shape index (κ2) is 9.33. The molecule has 0 aliphatic carbocycles. The number of hydrogen-bond acceptors (Lipinski definition) is 5. The van der Waals surface area contributed by atoms with Crippen LogP contribution in [0, 0.1) is 17.7 Å². The van der Waals surface area contributed by atoms with Gasteiger partial charge in [0.25, 0.3) is 5.56 Å². The van der Waals surface area contributed by atoms with E-state index in [1.807, 2.05) is 0 Å². The third-order valence-electron chi connectivity index (χ3n) is 5.25. The topological polar surface area (TPSA) is 75.4 Å². The zero-order valence-electron chi connectivity index (χ0n) is 17.7. The first-order valence-electron chi connectivity index (χ1n) is 10.2. The monoisotopic (exact) mass is 535 g/mol. The highest BCUT2D eigenvalue weighted by Gasteiger charge is 2.41. The van der Waals surface area contributed by atoms with Crippen molar-refractivity contribution < 1.29 is 18.7 Å². The maximum absolute atomic E-state index is 13.9. The molecule has 0 bridgehead atoms. The lowest BCUT2D eigenvalue weighted by Gasteiger charge is -2.42. The molecule has 6 nitrogen and oxygen atoms in total. The number of thiophene rings is 1. The SMILES string of the molecule is CC1(F)CN(C(=O)Cn2cnc3sc(C#CCCCO)c(-c4ccc(F)c(Br)c4)c3c2=O)C1. The van der Waals surface area contributed by atoms with Crippen LogP contribution in [0.1, 0.15) is 24.6 Å². The van der Waals surface area contributed by atoms with Crippen LogP contribution < -0.4 is 5.56 Å². The molecule has 33 heavy (non-hydrogen) atoms. The highest BCUT2D eigenvalue weighted by Crippen LogP contribution is 2.37. The third-order valence-corrected chi connectivity index (χ3v) is 6.87. The van der Waals surface area contributed by atoms with Crippen molar-refractivity contribution in [2.75, 3.05) is 19.7 Å². The number of aliphatic hydroxyl groups is 1. The fourth-order valence-corrected chi connectivity index (χ4v) is 5.04. The fraction of sp³-hybridized carbons (Fsp3) is 0.348. The molecule has 0 spiro atoms. The van der Waals surface area contributed by atoms with E-state index in [0.717, 1.165) is 0 Å². The lowest BCUT2D eigenvalue weighted by molar-refractivity contribution is -0.144. The van der Waals surface area contributed by atoms with Crippen molar-refractivity contribution in [2.45, 2.75) is 32.0 Å². The minimum Gasteiger partial charge on any atom is -0.396 e. The number of aliphatic hydroxyl groups excluding tert-OH is 1. The maximum Gasteiger partial charge on any atom is 0.263 e. The average molecular weight is 536 g/mol. The Kier molecular flexibility index (Phi) is 6.66. The van der Waals surface area contributed by atoms with E-state index in [9.17, 15) is 18.4 Å². The minimum absolute atomic E-state index is 0.00284. The molecule has 1 fully saturated rings. The lowest BCUT2D eigenvalue weighted by Crippen LogP contribution is -2.60. The normalized spacial score (nSPS) is 14.6. The van der Waals surface area contributed by atoms with E-state index in [-0.39, 0.29) is 36.6 Å². The van der Waals surface area contributed by atoms with Gasteiger partial charge in [-0.15, -0.1) is 11.3 Å². The van der Waals surface area contributed by atoms with Crippen molar-refractivity contribution in [3.8, 4) is 23.0 Å². The van der Waals surface area contributed by atoms with Crippen molar-refractivity contribution in [2.24, 2.45) is 0 Å². The van der Waals surface area contributed by atoms with Crippen LogP contribution in [-0.4, -0.2) is 50.8 Å². The van der Waals surface area contributed by atoms with Gasteiger partial charge in [0.1, 0.15) is 22.9 Å².